The molecule has 1 N–H and O–H groups in total. The van der Waals surface area contributed by atoms with Gasteiger partial charge >= 0.3 is 0 Å². The number of carbonyl (C=O) groups is 1. The van der Waals surface area contributed by atoms with E-state index in [0.717, 1.165) is 6.42 Å². The Kier molecular flexibility index (Phi) is 4.11. The van der Waals surface area contributed by atoms with Crippen LogP contribution in [0.3, 0.4) is 0 Å². The van der Waals surface area contributed by atoms with Crippen molar-refractivity contribution in [2.75, 3.05) is 6.54 Å². The van der Waals surface area contributed by atoms with Gasteiger partial charge in [0.1, 0.15) is 11.9 Å². The molecule has 0 spiro atoms. The molecule has 8 heteroatoms. The van der Waals surface area contributed by atoms with Crippen molar-refractivity contribution in [2.45, 2.75) is 37.2 Å². The standard InChI is InChI=1S/C18H19N3O3S2/c1-11(18(22)21-9-7-15-13(12(21)2)8-10-25-15)19-17-14-5-3-4-6-16(14)26(23,24)20-17/h3-6,8,10-12H,7,9H2,1-2H3,(H,19,20)/t11-,12+/m0/s1. The molecule has 26 heavy (non-hydrogen) atoms. The molecule has 1 aromatic heterocycles. The van der Waals surface area contributed by atoms with E-state index in [1.807, 2.05) is 11.8 Å². The average Bonchev–Trinajstić information content (AvgIpc) is 3.19. The fourth-order valence-electron chi connectivity index (χ4n) is 3.53. The quantitative estimate of drug-likeness (QED) is 0.856. The van der Waals surface area contributed by atoms with Gasteiger partial charge in [0.15, 0.2) is 0 Å². The second kappa shape index (κ2) is 6.21. The van der Waals surface area contributed by atoms with Gasteiger partial charge in [0.05, 0.1) is 10.9 Å². The van der Waals surface area contributed by atoms with E-state index in [1.165, 1.54) is 16.5 Å². The topological polar surface area (TPSA) is 78.8 Å². The SMILES string of the molecule is C[C@H](N=C1NS(=O)(=O)c2ccccc21)C(=O)N1CCc2sccc2[C@H]1C. The van der Waals surface area contributed by atoms with E-state index in [2.05, 4.69) is 21.2 Å². The molecule has 3 heterocycles. The lowest BCUT2D eigenvalue weighted by molar-refractivity contribution is -0.134. The molecule has 0 saturated heterocycles. The lowest BCUT2D eigenvalue weighted by atomic mass is 10.0. The zero-order valence-electron chi connectivity index (χ0n) is 14.5. The van der Waals surface area contributed by atoms with Crippen LogP contribution in [0.25, 0.3) is 0 Å². The summed E-state index contributed by atoms with van der Waals surface area (Å²) in [6.07, 6.45) is 0.849. The largest absolute Gasteiger partial charge is 0.334 e. The van der Waals surface area contributed by atoms with Crippen molar-refractivity contribution in [3.63, 3.8) is 0 Å². The summed E-state index contributed by atoms with van der Waals surface area (Å²) in [4.78, 5) is 20.7. The van der Waals surface area contributed by atoms with Crippen LogP contribution in [0.4, 0.5) is 0 Å². The van der Waals surface area contributed by atoms with Crippen molar-refractivity contribution in [2.24, 2.45) is 4.99 Å². The number of rotatable bonds is 2. The van der Waals surface area contributed by atoms with Gasteiger partial charge in [-0.15, -0.1) is 11.3 Å². The van der Waals surface area contributed by atoms with Crippen LogP contribution in [-0.2, 0) is 21.2 Å². The molecule has 0 fully saturated rings. The summed E-state index contributed by atoms with van der Waals surface area (Å²) >= 11 is 1.73. The molecule has 0 saturated carbocycles. The number of nitrogens with zero attached hydrogens (tertiary/aromatic N) is 2. The zero-order valence-corrected chi connectivity index (χ0v) is 16.1. The summed E-state index contributed by atoms with van der Waals surface area (Å²) in [5, 5.41) is 2.06. The molecule has 2 aliphatic rings. The maximum absolute atomic E-state index is 12.9. The number of hydrogen-bond acceptors (Lipinski definition) is 5. The van der Waals surface area contributed by atoms with E-state index in [1.54, 1.807) is 36.5 Å². The summed E-state index contributed by atoms with van der Waals surface area (Å²) in [5.41, 5.74) is 1.71. The summed E-state index contributed by atoms with van der Waals surface area (Å²) in [7, 11) is -3.60. The summed E-state index contributed by atoms with van der Waals surface area (Å²) in [5.74, 6) is 0.146. The highest BCUT2D eigenvalue weighted by molar-refractivity contribution is 7.90. The lowest BCUT2D eigenvalue weighted by Gasteiger charge is -2.34. The van der Waals surface area contributed by atoms with Gasteiger partial charge in [-0.25, -0.2) is 8.42 Å². The zero-order chi connectivity index (χ0) is 18.5. The molecule has 0 radical (unpaired) electrons. The Balaban J connectivity index is 1.60. The average molecular weight is 390 g/mol. The number of aliphatic imine (C=N–C) groups is 1. The van der Waals surface area contributed by atoms with E-state index in [0.29, 0.717) is 12.1 Å². The first-order valence-corrected chi connectivity index (χ1v) is 10.8. The molecular formula is C18H19N3O3S2. The highest BCUT2D eigenvalue weighted by Crippen LogP contribution is 2.33. The van der Waals surface area contributed by atoms with E-state index < -0.39 is 16.1 Å². The van der Waals surface area contributed by atoms with Gasteiger partial charge in [0.25, 0.3) is 10.0 Å². The monoisotopic (exact) mass is 389 g/mol. The van der Waals surface area contributed by atoms with Gasteiger partial charge in [-0.1, -0.05) is 12.1 Å². The van der Waals surface area contributed by atoms with E-state index in [9.17, 15) is 13.2 Å². The number of benzene rings is 1. The number of fused-ring (bicyclic) bond motifs is 2. The maximum atomic E-state index is 12.9. The highest BCUT2D eigenvalue weighted by Gasteiger charge is 2.34. The van der Waals surface area contributed by atoms with Crippen LogP contribution in [0.2, 0.25) is 0 Å². The third-order valence-corrected chi connectivity index (χ3v) is 7.30. The van der Waals surface area contributed by atoms with Crippen LogP contribution in [0.15, 0.2) is 45.6 Å². The first kappa shape index (κ1) is 17.2. The summed E-state index contributed by atoms with van der Waals surface area (Å²) < 4.78 is 26.8. The fraction of sp³-hybridized carbons (Fsp3) is 0.333. The van der Waals surface area contributed by atoms with Crippen LogP contribution >= 0.6 is 11.3 Å². The number of nitrogens with one attached hydrogen (secondary N) is 1. The number of thiophene rings is 1. The summed E-state index contributed by atoms with van der Waals surface area (Å²) in [6.45, 7) is 4.39. The molecule has 2 aliphatic heterocycles. The van der Waals surface area contributed by atoms with Crippen LogP contribution < -0.4 is 4.72 Å². The predicted octanol–water partition coefficient (Wildman–Crippen LogP) is 2.32. The van der Waals surface area contributed by atoms with Gasteiger partial charge in [-0.05, 0) is 49.4 Å². The minimum Gasteiger partial charge on any atom is -0.334 e. The van der Waals surface area contributed by atoms with Crippen molar-refractivity contribution in [3.8, 4) is 0 Å². The molecule has 1 amide bonds. The Hall–Kier alpha value is -2.19. The molecule has 2 atom stereocenters. The summed E-state index contributed by atoms with van der Waals surface area (Å²) in [6, 6.07) is 8.08. The number of amides is 1. The van der Waals surface area contributed by atoms with Crippen molar-refractivity contribution in [3.05, 3.63) is 51.7 Å². The van der Waals surface area contributed by atoms with Gasteiger partial charge < -0.3 is 4.90 Å². The van der Waals surface area contributed by atoms with E-state index in [-0.39, 0.29) is 22.7 Å². The third kappa shape index (κ3) is 2.73. The van der Waals surface area contributed by atoms with Crippen LogP contribution in [0.5, 0.6) is 0 Å². The first-order valence-electron chi connectivity index (χ1n) is 8.45. The molecule has 2 aromatic rings. The third-order valence-electron chi connectivity index (χ3n) is 4.90. The van der Waals surface area contributed by atoms with Gasteiger partial charge in [0.2, 0.25) is 5.91 Å². The second-order valence-corrected chi connectivity index (χ2v) is 9.16. The molecule has 0 aliphatic carbocycles. The highest BCUT2D eigenvalue weighted by atomic mass is 32.2. The Morgan fingerprint density at radius 2 is 2.12 bits per heavy atom. The molecule has 4 rings (SSSR count). The van der Waals surface area contributed by atoms with Crippen LogP contribution in [0.1, 0.15) is 35.9 Å². The van der Waals surface area contributed by atoms with Crippen molar-refractivity contribution >= 4 is 33.1 Å². The number of sulfonamides is 1. The molecule has 136 valence electrons. The van der Waals surface area contributed by atoms with Crippen molar-refractivity contribution in [1.29, 1.82) is 0 Å². The lowest BCUT2D eigenvalue weighted by Crippen LogP contribution is -2.43. The normalized spacial score (nSPS) is 23.2. The minimum absolute atomic E-state index is 0.00714. The van der Waals surface area contributed by atoms with Crippen molar-refractivity contribution < 1.29 is 13.2 Å². The van der Waals surface area contributed by atoms with Gasteiger partial charge in [-0.3, -0.25) is 14.5 Å². The molecule has 0 unspecified atom stereocenters. The van der Waals surface area contributed by atoms with Gasteiger partial charge in [-0.2, -0.15) is 0 Å². The Bertz CT molecular complexity index is 1010. The van der Waals surface area contributed by atoms with Crippen molar-refractivity contribution in [1.82, 2.24) is 9.62 Å². The second-order valence-electron chi connectivity index (χ2n) is 6.51. The van der Waals surface area contributed by atoms with Gasteiger partial charge in [0, 0.05) is 17.0 Å². The van der Waals surface area contributed by atoms with E-state index in [4.69, 9.17) is 0 Å². The molecular weight excluding hydrogens is 370 g/mol. The number of amidine groups is 1. The number of carbonyl (C=O) groups excluding carboxylic acids is 1. The maximum Gasteiger partial charge on any atom is 0.263 e. The van der Waals surface area contributed by atoms with E-state index >= 15 is 0 Å². The first-order chi connectivity index (χ1) is 12.4. The van der Waals surface area contributed by atoms with Crippen LogP contribution in [0, 0.1) is 0 Å². The smallest absolute Gasteiger partial charge is 0.263 e. The predicted molar refractivity (Wildman–Crippen MR) is 101 cm³/mol. The van der Waals surface area contributed by atoms with Crippen LogP contribution in [-0.4, -0.2) is 37.6 Å². The molecule has 1 aromatic carbocycles. The fourth-order valence-corrected chi connectivity index (χ4v) is 5.73. The Morgan fingerprint density at radius 1 is 1.35 bits per heavy atom. The Morgan fingerprint density at radius 3 is 2.92 bits per heavy atom. The Labute approximate surface area is 156 Å². The number of hydrogen-bond donors (Lipinski definition) is 1. The minimum atomic E-state index is -3.60. The molecule has 6 nitrogen and oxygen atoms in total. The molecule has 0 bridgehead atoms.